The van der Waals surface area contributed by atoms with Gasteiger partial charge in [0.15, 0.2) is 5.96 Å². The number of aliphatic imine (C=N–C) groups is 1. The number of nitrogens with one attached hydrogen (secondary N) is 1. The van der Waals surface area contributed by atoms with E-state index in [1.165, 1.54) is 19.3 Å². The summed E-state index contributed by atoms with van der Waals surface area (Å²) in [6.45, 7) is 3.07. The van der Waals surface area contributed by atoms with E-state index in [1.807, 2.05) is 0 Å². The lowest BCUT2D eigenvalue weighted by atomic mass is 9.88. The zero-order valence-corrected chi connectivity index (χ0v) is 12.8. The maximum absolute atomic E-state index is 13.4. The van der Waals surface area contributed by atoms with E-state index in [9.17, 15) is 8.78 Å². The lowest BCUT2D eigenvalue weighted by Crippen LogP contribution is -2.27. The fraction of sp³-hybridized carbons (Fsp3) is 0.562. The average Bonchev–Trinajstić information content (AvgIpc) is 2.49. The molecule has 0 aliphatic heterocycles. The summed E-state index contributed by atoms with van der Waals surface area (Å²) in [6.07, 6.45) is 5.07. The molecule has 6 heteroatoms. The number of hydrogen-bond donors (Lipinski definition) is 2. The van der Waals surface area contributed by atoms with Gasteiger partial charge >= 0.3 is 0 Å². The van der Waals surface area contributed by atoms with Gasteiger partial charge in [-0.15, -0.1) is 0 Å². The van der Waals surface area contributed by atoms with E-state index in [-0.39, 0.29) is 11.6 Å². The number of halogens is 2. The highest BCUT2D eigenvalue weighted by Crippen LogP contribution is 2.26. The molecule has 0 saturated heterocycles. The summed E-state index contributed by atoms with van der Waals surface area (Å²) >= 11 is 0. The van der Waals surface area contributed by atoms with Crippen LogP contribution in [0.5, 0.6) is 0 Å². The third-order valence-electron chi connectivity index (χ3n) is 3.93. The van der Waals surface area contributed by atoms with Gasteiger partial charge in [-0.3, -0.25) is 4.99 Å². The van der Waals surface area contributed by atoms with Crippen LogP contribution in [-0.4, -0.2) is 25.2 Å². The summed E-state index contributed by atoms with van der Waals surface area (Å²) in [6, 6.07) is 3.13. The number of benzene rings is 1. The number of rotatable bonds is 5. The first kappa shape index (κ1) is 16.7. The van der Waals surface area contributed by atoms with Crippen LogP contribution in [-0.2, 0) is 4.74 Å². The van der Waals surface area contributed by atoms with Gasteiger partial charge in [0.25, 0.3) is 0 Å². The molecule has 0 bridgehead atoms. The van der Waals surface area contributed by atoms with Gasteiger partial charge in [0.05, 0.1) is 24.9 Å². The summed E-state index contributed by atoms with van der Waals surface area (Å²) in [5.41, 5.74) is 5.64. The second kappa shape index (κ2) is 8.08. The quantitative estimate of drug-likeness (QED) is 0.498. The molecule has 0 radical (unpaired) electrons. The van der Waals surface area contributed by atoms with Crippen LogP contribution in [0.1, 0.15) is 32.6 Å². The van der Waals surface area contributed by atoms with Crippen molar-refractivity contribution in [3.63, 3.8) is 0 Å². The van der Waals surface area contributed by atoms with E-state index in [0.29, 0.717) is 25.2 Å². The van der Waals surface area contributed by atoms with Crippen LogP contribution in [0.2, 0.25) is 0 Å². The van der Waals surface area contributed by atoms with E-state index < -0.39 is 11.6 Å². The largest absolute Gasteiger partial charge is 0.376 e. The highest BCUT2D eigenvalue weighted by Gasteiger charge is 2.21. The van der Waals surface area contributed by atoms with Gasteiger partial charge in [-0.05, 0) is 30.9 Å². The smallest absolute Gasteiger partial charge is 0.193 e. The van der Waals surface area contributed by atoms with Crippen LogP contribution < -0.4 is 11.1 Å². The molecular weight excluding hydrogens is 288 g/mol. The number of nitrogens with zero attached hydrogens (tertiary/aromatic N) is 1. The predicted molar refractivity (Wildman–Crippen MR) is 83.8 cm³/mol. The Bertz CT molecular complexity index is 522. The summed E-state index contributed by atoms with van der Waals surface area (Å²) < 4.78 is 32.3. The zero-order valence-electron chi connectivity index (χ0n) is 12.8. The second-order valence-corrected chi connectivity index (χ2v) is 5.69. The van der Waals surface area contributed by atoms with Crippen LogP contribution in [0.25, 0.3) is 0 Å². The molecule has 1 aliphatic carbocycles. The molecule has 1 aromatic rings. The highest BCUT2D eigenvalue weighted by atomic mass is 19.1. The Morgan fingerprint density at radius 3 is 2.91 bits per heavy atom. The molecule has 1 aliphatic rings. The molecule has 2 unspecified atom stereocenters. The van der Waals surface area contributed by atoms with Crippen LogP contribution in [0.3, 0.4) is 0 Å². The number of ether oxygens (including phenoxy) is 1. The van der Waals surface area contributed by atoms with Crippen LogP contribution in [0, 0.1) is 17.6 Å². The fourth-order valence-electron chi connectivity index (χ4n) is 2.67. The Morgan fingerprint density at radius 2 is 2.14 bits per heavy atom. The van der Waals surface area contributed by atoms with Crippen molar-refractivity contribution in [3.05, 3.63) is 29.8 Å². The van der Waals surface area contributed by atoms with Gasteiger partial charge in [0.2, 0.25) is 0 Å². The molecule has 1 fully saturated rings. The standard InChI is InChI=1S/C16H23F2N3O/c1-11-4-2-3-5-15(11)22-9-8-20-16(19)21-14-10-12(17)6-7-13(14)18/h6-7,10-11,15H,2-5,8-9H2,1H3,(H3,19,20,21). The van der Waals surface area contributed by atoms with E-state index in [2.05, 4.69) is 17.2 Å². The van der Waals surface area contributed by atoms with E-state index in [0.717, 1.165) is 24.6 Å². The van der Waals surface area contributed by atoms with Crippen molar-refractivity contribution in [3.8, 4) is 0 Å². The zero-order chi connectivity index (χ0) is 15.9. The fourth-order valence-corrected chi connectivity index (χ4v) is 2.67. The Kier molecular flexibility index (Phi) is 6.12. The van der Waals surface area contributed by atoms with Gasteiger partial charge in [-0.25, -0.2) is 8.78 Å². The molecule has 0 aromatic heterocycles. The Hall–Kier alpha value is -1.69. The molecule has 0 spiro atoms. The molecule has 1 aromatic carbocycles. The van der Waals surface area contributed by atoms with Gasteiger partial charge < -0.3 is 15.8 Å². The summed E-state index contributed by atoms with van der Waals surface area (Å²) in [4.78, 5) is 4.07. The van der Waals surface area contributed by atoms with Gasteiger partial charge in [0, 0.05) is 6.07 Å². The van der Waals surface area contributed by atoms with E-state index in [1.54, 1.807) is 0 Å². The van der Waals surface area contributed by atoms with Crippen LogP contribution >= 0.6 is 0 Å². The lowest BCUT2D eigenvalue weighted by Gasteiger charge is -2.28. The Morgan fingerprint density at radius 1 is 1.36 bits per heavy atom. The van der Waals surface area contributed by atoms with Gasteiger partial charge in [-0.2, -0.15) is 0 Å². The third-order valence-corrected chi connectivity index (χ3v) is 3.93. The van der Waals surface area contributed by atoms with Crippen molar-refractivity contribution in [1.29, 1.82) is 0 Å². The molecular formula is C16H23F2N3O. The minimum Gasteiger partial charge on any atom is -0.376 e. The van der Waals surface area contributed by atoms with Crippen molar-refractivity contribution < 1.29 is 13.5 Å². The summed E-state index contributed by atoms with van der Waals surface area (Å²) in [5.74, 6) is -0.488. The Labute approximate surface area is 129 Å². The van der Waals surface area contributed by atoms with E-state index in [4.69, 9.17) is 10.5 Å². The summed E-state index contributed by atoms with van der Waals surface area (Å²) in [7, 11) is 0. The Balaban J connectivity index is 1.76. The molecule has 3 N–H and O–H groups in total. The predicted octanol–water partition coefficient (Wildman–Crippen LogP) is 3.29. The molecule has 0 amide bonds. The highest BCUT2D eigenvalue weighted by molar-refractivity contribution is 5.92. The molecule has 1 saturated carbocycles. The van der Waals surface area contributed by atoms with Gasteiger partial charge in [0.1, 0.15) is 11.6 Å². The minimum absolute atomic E-state index is 0.0249. The number of anilines is 1. The van der Waals surface area contributed by atoms with Crippen molar-refractivity contribution in [1.82, 2.24) is 0 Å². The van der Waals surface area contributed by atoms with Crippen molar-refractivity contribution >= 4 is 11.6 Å². The lowest BCUT2D eigenvalue weighted by molar-refractivity contribution is -0.000635. The molecule has 2 atom stereocenters. The summed E-state index contributed by atoms with van der Waals surface area (Å²) in [5, 5.41) is 2.56. The average molecular weight is 311 g/mol. The molecule has 22 heavy (non-hydrogen) atoms. The SMILES string of the molecule is CC1CCCCC1OCCN=C(N)Nc1cc(F)ccc1F. The molecule has 2 rings (SSSR count). The molecule has 0 heterocycles. The van der Waals surface area contributed by atoms with Crippen LogP contribution in [0.4, 0.5) is 14.5 Å². The van der Waals surface area contributed by atoms with Crippen LogP contribution in [0.15, 0.2) is 23.2 Å². The molecule has 4 nitrogen and oxygen atoms in total. The molecule has 122 valence electrons. The van der Waals surface area contributed by atoms with E-state index >= 15 is 0 Å². The number of nitrogens with two attached hydrogens (primary N) is 1. The maximum atomic E-state index is 13.4. The van der Waals surface area contributed by atoms with Crippen molar-refractivity contribution in [2.75, 3.05) is 18.5 Å². The van der Waals surface area contributed by atoms with Crippen molar-refractivity contribution in [2.45, 2.75) is 38.7 Å². The normalized spacial score (nSPS) is 22.6. The first-order chi connectivity index (χ1) is 10.6. The first-order valence-corrected chi connectivity index (χ1v) is 7.70. The third kappa shape index (κ3) is 4.94. The topological polar surface area (TPSA) is 59.6 Å². The number of hydrogen-bond acceptors (Lipinski definition) is 2. The van der Waals surface area contributed by atoms with Gasteiger partial charge in [-0.1, -0.05) is 19.8 Å². The second-order valence-electron chi connectivity index (χ2n) is 5.69. The number of guanidine groups is 1. The minimum atomic E-state index is -0.577. The van der Waals surface area contributed by atoms with Crippen molar-refractivity contribution in [2.24, 2.45) is 16.6 Å². The first-order valence-electron chi connectivity index (χ1n) is 7.70. The maximum Gasteiger partial charge on any atom is 0.193 e. The monoisotopic (exact) mass is 311 g/mol.